The van der Waals surface area contributed by atoms with Crippen molar-refractivity contribution in [2.75, 3.05) is 0 Å². The number of rotatable bonds is 1. The number of nitrogens with zero attached hydrogens (tertiary/aromatic N) is 2. The minimum absolute atomic E-state index is 0.485. The first kappa shape index (κ1) is 6.54. The second-order valence-electron chi connectivity index (χ2n) is 2.28. The van der Waals surface area contributed by atoms with E-state index in [1.807, 2.05) is 16.7 Å². The molecule has 2 rings (SSSR count). The molecule has 2 aromatic heterocycles. The number of imidazole rings is 1. The quantitative estimate of drug-likeness (QED) is 0.602. The van der Waals surface area contributed by atoms with Crippen molar-refractivity contribution in [3.63, 3.8) is 0 Å². The summed E-state index contributed by atoms with van der Waals surface area (Å²) in [6.07, 6.45) is 2.48. The van der Waals surface area contributed by atoms with Crippen molar-refractivity contribution in [1.29, 1.82) is 0 Å². The van der Waals surface area contributed by atoms with E-state index in [2.05, 4.69) is 4.98 Å². The minimum atomic E-state index is 0.485. The number of aromatic nitrogens is 2. The summed E-state index contributed by atoms with van der Waals surface area (Å²) in [6, 6.07) is 0. The molecule has 0 atom stereocenters. The molecular weight excluding hydrogens is 160 g/mol. The van der Waals surface area contributed by atoms with Gasteiger partial charge in [0.2, 0.25) is 0 Å². The summed E-state index contributed by atoms with van der Waals surface area (Å²) in [5.74, 6) is 0.485. The predicted octanol–water partition coefficient (Wildman–Crippen LogP) is 1.52. The molecule has 2 heterocycles. The van der Waals surface area contributed by atoms with Crippen LogP contribution in [0.25, 0.3) is 4.83 Å². The van der Waals surface area contributed by atoms with E-state index in [0.717, 1.165) is 16.8 Å². The third-order valence-electron chi connectivity index (χ3n) is 1.57. The van der Waals surface area contributed by atoms with Crippen molar-refractivity contribution >= 4 is 22.5 Å². The molecule has 0 spiro atoms. The van der Waals surface area contributed by atoms with E-state index < -0.39 is 0 Å². The van der Waals surface area contributed by atoms with Crippen LogP contribution in [-0.4, -0.2) is 15.7 Å². The molecule has 0 N–H and O–H groups in total. The number of hydrogen-bond donors (Lipinski definition) is 0. The van der Waals surface area contributed by atoms with Gasteiger partial charge in [-0.2, -0.15) is 0 Å². The SMILES string of the molecule is Cc1csc2cnc(C=O)n12. The fraction of sp³-hybridized carbons (Fsp3) is 0.143. The van der Waals surface area contributed by atoms with Gasteiger partial charge in [0.15, 0.2) is 12.1 Å². The van der Waals surface area contributed by atoms with Gasteiger partial charge in [-0.05, 0) is 6.92 Å². The van der Waals surface area contributed by atoms with Gasteiger partial charge < -0.3 is 0 Å². The Morgan fingerprint density at radius 2 is 2.55 bits per heavy atom. The van der Waals surface area contributed by atoms with Crippen LogP contribution >= 0.6 is 11.3 Å². The van der Waals surface area contributed by atoms with Crippen molar-refractivity contribution in [2.45, 2.75) is 6.92 Å². The van der Waals surface area contributed by atoms with Gasteiger partial charge in [0.1, 0.15) is 4.83 Å². The molecule has 11 heavy (non-hydrogen) atoms. The molecule has 56 valence electrons. The Bertz CT molecular complexity index is 401. The predicted molar refractivity (Wildman–Crippen MR) is 43.2 cm³/mol. The summed E-state index contributed by atoms with van der Waals surface area (Å²) < 4.78 is 1.84. The number of carbonyl (C=O) groups excluding carboxylic acids is 1. The van der Waals surface area contributed by atoms with Crippen molar-refractivity contribution in [3.8, 4) is 0 Å². The molecule has 4 heteroatoms. The molecule has 0 fully saturated rings. The first-order valence-electron chi connectivity index (χ1n) is 3.19. The highest BCUT2D eigenvalue weighted by Crippen LogP contribution is 2.16. The number of aryl methyl sites for hydroxylation is 1. The third-order valence-corrected chi connectivity index (χ3v) is 2.55. The Morgan fingerprint density at radius 3 is 3.27 bits per heavy atom. The van der Waals surface area contributed by atoms with Crippen LogP contribution in [0.5, 0.6) is 0 Å². The van der Waals surface area contributed by atoms with Crippen molar-refractivity contribution in [1.82, 2.24) is 9.38 Å². The number of fused-ring (bicyclic) bond motifs is 1. The molecule has 0 aromatic carbocycles. The van der Waals surface area contributed by atoms with E-state index in [1.165, 1.54) is 0 Å². The van der Waals surface area contributed by atoms with E-state index in [9.17, 15) is 4.79 Å². The van der Waals surface area contributed by atoms with Crippen LogP contribution in [0.2, 0.25) is 0 Å². The maximum Gasteiger partial charge on any atom is 0.185 e. The molecule has 2 aromatic rings. The summed E-state index contributed by atoms with van der Waals surface area (Å²) in [5, 5.41) is 2.00. The molecule has 0 saturated heterocycles. The fourth-order valence-electron chi connectivity index (χ4n) is 1.07. The highest BCUT2D eigenvalue weighted by atomic mass is 32.1. The Kier molecular flexibility index (Phi) is 1.29. The summed E-state index contributed by atoms with van der Waals surface area (Å²) >= 11 is 1.59. The number of aldehydes is 1. The van der Waals surface area contributed by atoms with Crippen LogP contribution in [0.15, 0.2) is 11.6 Å². The smallest absolute Gasteiger partial charge is 0.185 e. The zero-order valence-electron chi connectivity index (χ0n) is 5.94. The summed E-state index contributed by atoms with van der Waals surface area (Å²) in [7, 11) is 0. The highest BCUT2D eigenvalue weighted by Gasteiger charge is 2.04. The van der Waals surface area contributed by atoms with Crippen LogP contribution in [-0.2, 0) is 0 Å². The lowest BCUT2D eigenvalue weighted by molar-refractivity contribution is 0.111. The van der Waals surface area contributed by atoms with Crippen LogP contribution in [0.4, 0.5) is 0 Å². The number of thiazole rings is 1. The monoisotopic (exact) mass is 166 g/mol. The molecule has 3 nitrogen and oxygen atoms in total. The maximum absolute atomic E-state index is 10.5. The van der Waals surface area contributed by atoms with Gasteiger partial charge in [0.25, 0.3) is 0 Å². The van der Waals surface area contributed by atoms with E-state index >= 15 is 0 Å². The normalized spacial score (nSPS) is 10.6. The lowest BCUT2D eigenvalue weighted by atomic mass is 10.5. The summed E-state index contributed by atoms with van der Waals surface area (Å²) in [5.41, 5.74) is 1.06. The molecule has 0 amide bonds. The standard InChI is InChI=1S/C7H6N2OS/c1-5-4-11-7-2-8-6(3-10)9(5)7/h2-4H,1H3. The van der Waals surface area contributed by atoms with Crippen molar-refractivity contribution in [2.24, 2.45) is 0 Å². The Morgan fingerprint density at radius 1 is 1.73 bits per heavy atom. The van der Waals surface area contributed by atoms with Crippen LogP contribution < -0.4 is 0 Å². The van der Waals surface area contributed by atoms with Crippen molar-refractivity contribution in [3.05, 3.63) is 23.1 Å². The van der Waals surface area contributed by atoms with Gasteiger partial charge in [0.05, 0.1) is 6.20 Å². The molecule has 0 bridgehead atoms. The third kappa shape index (κ3) is 0.793. The van der Waals surface area contributed by atoms with E-state index in [4.69, 9.17) is 0 Å². The van der Waals surface area contributed by atoms with E-state index in [-0.39, 0.29) is 0 Å². The summed E-state index contributed by atoms with van der Waals surface area (Å²) in [4.78, 5) is 15.4. The second kappa shape index (κ2) is 2.17. The second-order valence-corrected chi connectivity index (χ2v) is 3.17. The van der Waals surface area contributed by atoms with Gasteiger partial charge in [-0.1, -0.05) is 0 Å². The van der Waals surface area contributed by atoms with E-state index in [1.54, 1.807) is 17.5 Å². The van der Waals surface area contributed by atoms with Gasteiger partial charge in [-0.15, -0.1) is 11.3 Å². The van der Waals surface area contributed by atoms with E-state index in [0.29, 0.717) is 5.82 Å². The fourth-order valence-corrected chi connectivity index (χ4v) is 1.92. The van der Waals surface area contributed by atoms with Crippen molar-refractivity contribution < 1.29 is 4.79 Å². The zero-order chi connectivity index (χ0) is 7.84. The zero-order valence-corrected chi connectivity index (χ0v) is 6.76. The first-order valence-corrected chi connectivity index (χ1v) is 4.07. The lowest BCUT2D eigenvalue weighted by Gasteiger charge is -1.88. The van der Waals surface area contributed by atoms with Gasteiger partial charge >= 0.3 is 0 Å². The highest BCUT2D eigenvalue weighted by molar-refractivity contribution is 7.15. The number of hydrogen-bond acceptors (Lipinski definition) is 3. The van der Waals surface area contributed by atoms with Gasteiger partial charge in [0, 0.05) is 11.1 Å². The first-order chi connectivity index (χ1) is 5.33. The average Bonchev–Trinajstić information content (AvgIpc) is 2.54. The topological polar surface area (TPSA) is 34.4 Å². The maximum atomic E-state index is 10.5. The number of carbonyl (C=O) groups is 1. The molecule has 0 saturated carbocycles. The van der Waals surface area contributed by atoms with Crippen LogP contribution in [0.1, 0.15) is 16.3 Å². The van der Waals surface area contributed by atoms with Crippen LogP contribution in [0.3, 0.4) is 0 Å². The van der Waals surface area contributed by atoms with Gasteiger partial charge in [-0.3, -0.25) is 9.20 Å². The molecule has 0 radical (unpaired) electrons. The molecule has 0 unspecified atom stereocenters. The lowest BCUT2D eigenvalue weighted by Crippen LogP contribution is -1.91. The minimum Gasteiger partial charge on any atom is -0.294 e. The largest absolute Gasteiger partial charge is 0.294 e. The summed E-state index contributed by atoms with van der Waals surface area (Å²) in [6.45, 7) is 1.96. The Balaban J connectivity index is 2.90. The molecule has 0 aliphatic rings. The van der Waals surface area contributed by atoms with Crippen LogP contribution in [0, 0.1) is 6.92 Å². The average molecular weight is 166 g/mol. The Labute approximate surface area is 67.3 Å². The molecule has 0 aliphatic carbocycles. The molecule has 0 aliphatic heterocycles. The van der Waals surface area contributed by atoms with Gasteiger partial charge in [-0.25, -0.2) is 4.98 Å². The Hall–Kier alpha value is -1.16. The molecular formula is C7H6N2OS.